The molecule has 1 unspecified atom stereocenters. The van der Waals surface area contributed by atoms with Crippen molar-refractivity contribution in [1.29, 1.82) is 0 Å². The molecule has 3 nitrogen and oxygen atoms in total. The molecule has 1 aromatic carbocycles. The standard InChI is InChI=1S/C14H18BrN3/c1-9-7-12(15)5-6-14(9)18-11(3)13(8-17-18)10(2)16-4/h5-8,10,16H,1-4H3. The molecule has 1 heterocycles. The minimum absolute atomic E-state index is 0.314. The second-order valence-electron chi connectivity index (χ2n) is 4.54. The smallest absolute Gasteiger partial charge is 0.0678 e. The summed E-state index contributed by atoms with van der Waals surface area (Å²) in [5.41, 5.74) is 4.76. The Labute approximate surface area is 116 Å². The van der Waals surface area contributed by atoms with Gasteiger partial charge in [0.2, 0.25) is 0 Å². The van der Waals surface area contributed by atoms with E-state index in [9.17, 15) is 0 Å². The first-order chi connectivity index (χ1) is 8.54. The van der Waals surface area contributed by atoms with E-state index in [1.807, 2.05) is 24.0 Å². The van der Waals surface area contributed by atoms with E-state index < -0.39 is 0 Å². The van der Waals surface area contributed by atoms with Gasteiger partial charge in [0, 0.05) is 21.8 Å². The van der Waals surface area contributed by atoms with Crippen LogP contribution in [0.4, 0.5) is 0 Å². The molecule has 2 rings (SSSR count). The van der Waals surface area contributed by atoms with E-state index in [0.717, 1.165) is 10.2 Å². The van der Waals surface area contributed by atoms with Crippen LogP contribution < -0.4 is 5.32 Å². The molecule has 0 aliphatic carbocycles. The van der Waals surface area contributed by atoms with Gasteiger partial charge in [-0.2, -0.15) is 5.10 Å². The summed E-state index contributed by atoms with van der Waals surface area (Å²) in [7, 11) is 1.96. The highest BCUT2D eigenvalue weighted by Crippen LogP contribution is 2.23. The number of rotatable bonds is 3. The van der Waals surface area contributed by atoms with Gasteiger partial charge in [-0.3, -0.25) is 0 Å². The second kappa shape index (κ2) is 5.24. The van der Waals surface area contributed by atoms with Crippen molar-refractivity contribution in [3.63, 3.8) is 0 Å². The maximum absolute atomic E-state index is 4.51. The first-order valence-electron chi connectivity index (χ1n) is 6.03. The third-order valence-electron chi connectivity index (χ3n) is 3.33. The fraction of sp³-hybridized carbons (Fsp3) is 0.357. The molecule has 1 N–H and O–H groups in total. The molecule has 0 radical (unpaired) electrons. The molecule has 0 aliphatic heterocycles. The number of nitrogens with one attached hydrogen (secondary N) is 1. The third-order valence-corrected chi connectivity index (χ3v) is 3.83. The molecule has 0 fully saturated rings. The van der Waals surface area contributed by atoms with Crippen LogP contribution in [0.15, 0.2) is 28.9 Å². The van der Waals surface area contributed by atoms with E-state index in [2.05, 4.69) is 59.2 Å². The Balaban J connectivity index is 2.49. The normalized spacial score (nSPS) is 12.7. The van der Waals surface area contributed by atoms with E-state index in [4.69, 9.17) is 0 Å². The van der Waals surface area contributed by atoms with Crippen molar-refractivity contribution in [2.24, 2.45) is 0 Å². The highest BCUT2D eigenvalue weighted by atomic mass is 79.9. The van der Waals surface area contributed by atoms with Gasteiger partial charge < -0.3 is 5.32 Å². The van der Waals surface area contributed by atoms with Gasteiger partial charge in [0.25, 0.3) is 0 Å². The van der Waals surface area contributed by atoms with Crippen LogP contribution in [0.25, 0.3) is 5.69 Å². The predicted molar refractivity (Wildman–Crippen MR) is 78.2 cm³/mol. The van der Waals surface area contributed by atoms with Crippen LogP contribution >= 0.6 is 15.9 Å². The Morgan fingerprint density at radius 3 is 2.67 bits per heavy atom. The molecule has 2 aromatic rings. The van der Waals surface area contributed by atoms with Gasteiger partial charge in [-0.1, -0.05) is 15.9 Å². The van der Waals surface area contributed by atoms with E-state index in [0.29, 0.717) is 6.04 Å². The van der Waals surface area contributed by atoms with Crippen LogP contribution in [-0.2, 0) is 0 Å². The van der Waals surface area contributed by atoms with Gasteiger partial charge in [0.05, 0.1) is 11.9 Å². The molecule has 0 bridgehead atoms. The highest BCUT2D eigenvalue weighted by molar-refractivity contribution is 9.10. The molecule has 0 spiro atoms. The zero-order valence-electron chi connectivity index (χ0n) is 11.2. The Morgan fingerprint density at radius 1 is 1.33 bits per heavy atom. The van der Waals surface area contributed by atoms with Gasteiger partial charge in [0.15, 0.2) is 0 Å². The predicted octanol–water partition coefficient (Wildman–Crippen LogP) is 3.53. The Bertz CT molecular complexity index is 560. The van der Waals surface area contributed by atoms with Gasteiger partial charge in [0.1, 0.15) is 0 Å². The third kappa shape index (κ3) is 2.35. The van der Waals surface area contributed by atoms with Crippen molar-refractivity contribution in [1.82, 2.24) is 15.1 Å². The molecule has 0 saturated heterocycles. The first kappa shape index (κ1) is 13.3. The SMILES string of the molecule is CNC(C)c1cnn(-c2ccc(Br)cc2C)c1C. The zero-order chi connectivity index (χ0) is 13.3. The van der Waals surface area contributed by atoms with Crippen LogP contribution in [0.2, 0.25) is 0 Å². The van der Waals surface area contributed by atoms with Crippen molar-refractivity contribution in [3.8, 4) is 5.69 Å². The van der Waals surface area contributed by atoms with Crippen molar-refractivity contribution < 1.29 is 0 Å². The van der Waals surface area contributed by atoms with Gasteiger partial charge in [-0.05, 0) is 51.6 Å². The van der Waals surface area contributed by atoms with Crippen molar-refractivity contribution in [2.45, 2.75) is 26.8 Å². The van der Waals surface area contributed by atoms with Gasteiger partial charge >= 0.3 is 0 Å². The zero-order valence-corrected chi connectivity index (χ0v) is 12.7. The fourth-order valence-electron chi connectivity index (χ4n) is 2.10. The average molecular weight is 308 g/mol. The number of halogens is 1. The topological polar surface area (TPSA) is 29.9 Å². The van der Waals surface area contributed by atoms with E-state index >= 15 is 0 Å². The number of hydrogen-bond donors (Lipinski definition) is 1. The molecule has 1 aromatic heterocycles. The van der Waals surface area contributed by atoms with Crippen LogP contribution in [0, 0.1) is 13.8 Å². The summed E-state index contributed by atoms with van der Waals surface area (Å²) < 4.78 is 3.10. The minimum atomic E-state index is 0.314. The van der Waals surface area contributed by atoms with E-state index in [1.54, 1.807) is 0 Å². The molecule has 96 valence electrons. The average Bonchev–Trinajstić information content (AvgIpc) is 2.70. The molecule has 4 heteroatoms. The van der Waals surface area contributed by atoms with Gasteiger partial charge in [-0.25, -0.2) is 4.68 Å². The molecule has 0 amide bonds. The Morgan fingerprint density at radius 2 is 2.06 bits per heavy atom. The first-order valence-corrected chi connectivity index (χ1v) is 6.82. The van der Waals surface area contributed by atoms with Crippen LogP contribution in [0.5, 0.6) is 0 Å². The fourth-order valence-corrected chi connectivity index (χ4v) is 2.58. The maximum atomic E-state index is 4.51. The number of benzene rings is 1. The molecule has 1 atom stereocenters. The highest BCUT2D eigenvalue weighted by Gasteiger charge is 2.13. The summed E-state index contributed by atoms with van der Waals surface area (Å²) in [5, 5.41) is 7.76. The maximum Gasteiger partial charge on any atom is 0.0678 e. The second-order valence-corrected chi connectivity index (χ2v) is 5.45. The summed E-state index contributed by atoms with van der Waals surface area (Å²) >= 11 is 3.49. The van der Waals surface area contributed by atoms with Crippen molar-refractivity contribution >= 4 is 15.9 Å². The number of hydrogen-bond acceptors (Lipinski definition) is 2. The van der Waals surface area contributed by atoms with Crippen LogP contribution in [0.1, 0.15) is 29.8 Å². The summed E-state index contributed by atoms with van der Waals surface area (Å²) in [6.07, 6.45) is 1.94. The molecular formula is C14H18BrN3. The lowest BCUT2D eigenvalue weighted by atomic mass is 10.1. The quantitative estimate of drug-likeness (QED) is 0.940. The lowest BCUT2D eigenvalue weighted by molar-refractivity contribution is 0.647. The van der Waals surface area contributed by atoms with Gasteiger partial charge in [-0.15, -0.1) is 0 Å². The summed E-state index contributed by atoms with van der Waals surface area (Å²) in [5.74, 6) is 0. The number of aryl methyl sites for hydroxylation is 1. The number of aromatic nitrogens is 2. The van der Waals surface area contributed by atoms with Crippen LogP contribution in [0.3, 0.4) is 0 Å². The van der Waals surface area contributed by atoms with E-state index in [-0.39, 0.29) is 0 Å². The minimum Gasteiger partial charge on any atom is -0.313 e. The largest absolute Gasteiger partial charge is 0.313 e. The molecule has 0 aliphatic rings. The summed E-state index contributed by atoms with van der Waals surface area (Å²) in [4.78, 5) is 0. The number of nitrogens with zero attached hydrogens (tertiary/aromatic N) is 2. The van der Waals surface area contributed by atoms with Crippen molar-refractivity contribution in [3.05, 3.63) is 45.7 Å². The lowest BCUT2D eigenvalue weighted by Gasteiger charge is -2.12. The monoisotopic (exact) mass is 307 g/mol. The molecular weight excluding hydrogens is 290 g/mol. The van der Waals surface area contributed by atoms with Crippen LogP contribution in [-0.4, -0.2) is 16.8 Å². The summed E-state index contributed by atoms with van der Waals surface area (Å²) in [6.45, 7) is 6.35. The molecule has 0 saturated carbocycles. The lowest BCUT2D eigenvalue weighted by Crippen LogP contribution is -2.13. The molecule has 18 heavy (non-hydrogen) atoms. The Hall–Kier alpha value is -1.13. The summed E-state index contributed by atoms with van der Waals surface area (Å²) in [6, 6.07) is 6.56. The Kier molecular flexibility index (Phi) is 3.88. The van der Waals surface area contributed by atoms with E-state index in [1.165, 1.54) is 16.8 Å². The van der Waals surface area contributed by atoms with Crippen molar-refractivity contribution in [2.75, 3.05) is 7.05 Å².